The van der Waals surface area contributed by atoms with Crippen molar-refractivity contribution >= 4 is 47.6 Å². The van der Waals surface area contributed by atoms with Crippen LogP contribution in [0.2, 0.25) is 0 Å². The van der Waals surface area contributed by atoms with E-state index < -0.39 is 0 Å². The Kier molecular flexibility index (Phi) is 11.0. The van der Waals surface area contributed by atoms with Crippen molar-refractivity contribution in [1.82, 2.24) is 15.5 Å². The molecule has 26 heavy (non-hydrogen) atoms. The number of hydrogen-bond acceptors (Lipinski definition) is 3. The van der Waals surface area contributed by atoms with Gasteiger partial charge < -0.3 is 15.5 Å². The summed E-state index contributed by atoms with van der Waals surface area (Å²) in [6, 6.07) is 7.72. The highest BCUT2D eigenvalue weighted by molar-refractivity contribution is 14.0. The number of halogens is 1. The van der Waals surface area contributed by atoms with Gasteiger partial charge in [-0.15, -0.1) is 24.0 Å². The molecule has 0 saturated carbocycles. The minimum absolute atomic E-state index is 0. The lowest BCUT2D eigenvalue weighted by Gasteiger charge is -2.34. The molecule has 5 nitrogen and oxygen atoms in total. The minimum atomic E-state index is -0.0286. The maximum absolute atomic E-state index is 12.0. The van der Waals surface area contributed by atoms with Crippen LogP contribution in [0.5, 0.6) is 0 Å². The highest BCUT2D eigenvalue weighted by Crippen LogP contribution is 2.21. The summed E-state index contributed by atoms with van der Waals surface area (Å²) in [6.45, 7) is 10.4. The zero-order valence-corrected chi connectivity index (χ0v) is 19.1. The molecular weight excluding hydrogens is 459 g/mol. The van der Waals surface area contributed by atoms with Crippen LogP contribution in [-0.2, 0) is 6.54 Å². The summed E-state index contributed by atoms with van der Waals surface area (Å²) in [5.41, 5.74) is 1.75. The van der Waals surface area contributed by atoms with Crippen LogP contribution in [0.1, 0.15) is 43.1 Å². The van der Waals surface area contributed by atoms with Gasteiger partial charge in [0.2, 0.25) is 0 Å². The van der Waals surface area contributed by atoms with Crippen LogP contribution >= 0.6 is 35.7 Å². The number of guanidine groups is 1. The van der Waals surface area contributed by atoms with Gasteiger partial charge in [-0.3, -0.25) is 4.79 Å². The van der Waals surface area contributed by atoms with Gasteiger partial charge in [-0.2, -0.15) is 11.8 Å². The molecule has 0 aromatic heterocycles. The molecule has 0 radical (unpaired) electrons. The largest absolute Gasteiger partial charge is 0.357 e. The molecule has 1 amide bonds. The summed E-state index contributed by atoms with van der Waals surface area (Å²) < 4.78 is 0. The van der Waals surface area contributed by atoms with Crippen molar-refractivity contribution in [2.45, 2.75) is 39.0 Å². The van der Waals surface area contributed by atoms with E-state index in [0.717, 1.165) is 36.9 Å². The van der Waals surface area contributed by atoms with Crippen LogP contribution < -0.4 is 10.6 Å². The summed E-state index contributed by atoms with van der Waals surface area (Å²) in [5, 5.41) is 6.93. The fraction of sp³-hybridized carbons (Fsp3) is 0.579. The van der Waals surface area contributed by atoms with Crippen LogP contribution in [0.15, 0.2) is 29.3 Å². The van der Waals surface area contributed by atoms with Gasteiger partial charge in [0.1, 0.15) is 0 Å². The zero-order chi connectivity index (χ0) is 18.1. The monoisotopic (exact) mass is 490 g/mol. The number of nitrogens with zero attached hydrogens (tertiary/aromatic N) is 2. The Morgan fingerprint density at radius 3 is 2.73 bits per heavy atom. The fourth-order valence-electron chi connectivity index (χ4n) is 2.82. The van der Waals surface area contributed by atoms with E-state index in [0.29, 0.717) is 23.9 Å². The van der Waals surface area contributed by atoms with Gasteiger partial charge >= 0.3 is 0 Å². The maximum atomic E-state index is 12.0. The lowest BCUT2D eigenvalue weighted by Crippen LogP contribution is -2.48. The number of carbonyl (C=O) groups excluding carboxylic acids is 1. The molecule has 1 aliphatic heterocycles. The Bertz CT molecular complexity index is 597. The van der Waals surface area contributed by atoms with Crippen LogP contribution in [0.25, 0.3) is 0 Å². The van der Waals surface area contributed by atoms with Gasteiger partial charge in [-0.1, -0.05) is 19.1 Å². The molecule has 1 heterocycles. The third kappa shape index (κ3) is 6.98. The average Bonchev–Trinajstić information content (AvgIpc) is 2.65. The Morgan fingerprint density at radius 2 is 2.04 bits per heavy atom. The van der Waals surface area contributed by atoms with Crippen LogP contribution in [0.4, 0.5) is 0 Å². The number of carbonyl (C=O) groups is 1. The molecular formula is C19H31IN4OS. The second-order valence-electron chi connectivity index (χ2n) is 6.08. The molecule has 1 aromatic carbocycles. The third-order valence-electron chi connectivity index (χ3n) is 4.17. The summed E-state index contributed by atoms with van der Waals surface area (Å²) in [6.07, 6.45) is 1.19. The molecule has 1 aliphatic rings. The van der Waals surface area contributed by atoms with E-state index in [4.69, 9.17) is 4.99 Å². The first-order valence-electron chi connectivity index (χ1n) is 9.19. The van der Waals surface area contributed by atoms with Crippen LogP contribution in [-0.4, -0.2) is 53.9 Å². The first-order valence-corrected chi connectivity index (χ1v) is 10.2. The Hall–Kier alpha value is -0.960. The molecule has 1 aromatic rings. The summed E-state index contributed by atoms with van der Waals surface area (Å²) in [5.74, 6) is 2.10. The predicted molar refractivity (Wildman–Crippen MR) is 123 cm³/mol. The van der Waals surface area contributed by atoms with Gasteiger partial charge in [0.05, 0.1) is 6.54 Å². The lowest BCUT2D eigenvalue weighted by atomic mass is 10.1. The third-order valence-corrected chi connectivity index (χ3v) is 5.54. The van der Waals surface area contributed by atoms with E-state index >= 15 is 0 Å². The van der Waals surface area contributed by atoms with E-state index in [9.17, 15) is 4.79 Å². The van der Waals surface area contributed by atoms with E-state index in [1.54, 1.807) is 0 Å². The second kappa shape index (κ2) is 12.4. The van der Waals surface area contributed by atoms with Gasteiger partial charge in [0.15, 0.2) is 5.96 Å². The molecule has 2 N–H and O–H groups in total. The molecule has 1 atom stereocenters. The number of benzene rings is 1. The molecule has 0 spiro atoms. The number of rotatable bonds is 6. The first kappa shape index (κ1) is 23.1. The molecule has 146 valence electrons. The van der Waals surface area contributed by atoms with E-state index in [-0.39, 0.29) is 29.9 Å². The van der Waals surface area contributed by atoms with Gasteiger partial charge in [-0.05, 0) is 38.0 Å². The maximum Gasteiger partial charge on any atom is 0.251 e. The zero-order valence-electron chi connectivity index (χ0n) is 16.0. The van der Waals surface area contributed by atoms with Crippen LogP contribution in [0, 0.1) is 0 Å². The number of amides is 1. The molecule has 1 fully saturated rings. The predicted octanol–water partition coefficient (Wildman–Crippen LogP) is 3.35. The van der Waals surface area contributed by atoms with E-state index in [2.05, 4.69) is 41.1 Å². The SMILES string of the molecule is CCNC(=O)c1cccc(CN=C(NCC)N2CCSC(CC)C2)c1.I. The number of thioether (sulfide) groups is 1. The van der Waals surface area contributed by atoms with Crippen LogP contribution in [0.3, 0.4) is 0 Å². The average molecular weight is 490 g/mol. The number of aliphatic imine (C=N–C) groups is 1. The number of hydrogen-bond donors (Lipinski definition) is 2. The first-order chi connectivity index (χ1) is 12.2. The van der Waals surface area contributed by atoms with Crippen molar-refractivity contribution in [3.05, 3.63) is 35.4 Å². The molecule has 0 aliphatic carbocycles. The highest BCUT2D eigenvalue weighted by atomic mass is 127. The van der Waals surface area contributed by atoms with Crippen molar-refractivity contribution in [1.29, 1.82) is 0 Å². The molecule has 1 unspecified atom stereocenters. The van der Waals surface area contributed by atoms with Crippen molar-refractivity contribution in [3.63, 3.8) is 0 Å². The summed E-state index contributed by atoms with van der Waals surface area (Å²) >= 11 is 2.06. The Labute approximate surface area is 178 Å². The second-order valence-corrected chi connectivity index (χ2v) is 7.49. The summed E-state index contributed by atoms with van der Waals surface area (Å²) in [7, 11) is 0. The van der Waals surface area contributed by atoms with Crippen molar-refractivity contribution in [3.8, 4) is 0 Å². The van der Waals surface area contributed by atoms with Crippen molar-refractivity contribution in [2.24, 2.45) is 4.99 Å². The number of nitrogens with one attached hydrogen (secondary N) is 2. The topological polar surface area (TPSA) is 56.7 Å². The standard InChI is InChI=1S/C19H30N4OS.HI/c1-4-17-14-23(10-11-25-17)19(21-6-3)22-13-15-8-7-9-16(12-15)18(24)20-5-2;/h7-9,12,17H,4-6,10-11,13-14H2,1-3H3,(H,20,24)(H,21,22);1H. The lowest BCUT2D eigenvalue weighted by molar-refractivity contribution is 0.0955. The molecule has 2 rings (SSSR count). The highest BCUT2D eigenvalue weighted by Gasteiger charge is 2.21. The molecule has 7 heteroatoms. The van der Waals surface area contributed by atoms with E-state index in [1.807, 2.05) is 31.2 Å². The quantitative estimate of drug-likeness (QED) is 0.365. The summed E-state index contributed by atoms with van der Waals surface area (Å²) in [4.78, 5) is 19.2. The van der Waals surface area contributed by atoms with Crippen molar-refractivity contribution in [2.75, 3.05) is 31.9 Å². The van der Waals surface area contributed by atoms with Crippen molar-refractivity contribution < 1.29 is 4.79 Å². The van der Waals surface area contributed by atoms with Gasteiger partial charge in [0, 0.05) is 42.7 Å². The molecule has 0 bridgehead atoms. The molecule has 1 saturated heterocycles. The van der Waals surface area contributed by atoms with E-state index in [1.165, 1.54) is 6.42 Å². The minimum Gasteiger partial charge on any atom is -0.357 e. The van der Waals surface area contributed by atoms with Gasteiger partial charge in [-0.25, -0.2) is 4.99 Å². The Morgan fingerprint density at radius 1 is 1.27 bits per heavy atom. The Balaban J connectivity index is 0.00000338. The smallest absolute Gasteiger partial charge is 0.251 e. The fourth-order valence-corrected chi connectivity index (χ4v) is 4.00. The van der Waals surface area contributed by atoms with Gasteiger partial charge in [0.25, 0.3) is 5.91 Å². The normalized spacial score (nSPS) is 17.4.